The van der Waals surface area contributed by atoms with Crippen LogP contribution in [0, 0.1) is 0 Å². The maximum absolute atomic E-state index is 9.55. The number of rotatable bonds is 16. The van der Waals surface area contributed by atoms with Crippen molar-refractivity contribution in [2.75, 3.05) is 50.7 Å². The number of carboxylic acids is 4. The van der Waals surface area contributed by atoms with Crippen LogP contribution in [-0.2, 0) is 19.2 Å². The second kappa shape index (κ2) is 24.1. The molecule has 0 amide bonds. The normalized spacial score (nSPS) is 13.9. The number of carboxylic acid groups (broad SMARTS) is 4. The van der Waals surface area contributed by atoms with Crippen LogP contribution in [0.3, 0.4) is 0 Å². The van der Waals surface area contributed by atoms with Crippen molar-refractivity contribution in [1.29, 1.82) is 0 Å². The molecule has 57 heavy (non-hydrogen) atoms. The van der Waals surface area contributed by atoms with Gasteiger partial charge in [0.15, 0.2) is 0 Å². The van der Waals surface area contributed by atoms with Crippen LogP contribution in [0.15, 0.2) is 143 Å². The zero-order chi connectivity index (χ0) is 40.8. The number of fused-ring (bicyclic) bond motifs is 2. The smallest absolute Gasteiger partial charge is 0.328 e. The molecule has 11 nitrogen and oxygen atoms in total. The molecule has 0 saturated carbocycles. The number of piperazine rings is 1. The number of hydrogen-bond acceptors (Lipinski definition) is 8. The summed E-state index contributed by atoms with van der Waals surface area (Å²) in [6.45, 7) is 8.38. The molecular formula is C45H51N3O8S. The fourth-order valence-corrected chi connectivity index (χ4v) is 7.83. The highest BCUT2D eigenvalue weighted by molar-refractivity contribution is 7.99. The highest BCUT2D eigenvalue weighted by Crippen LogP contribution is 2.47. The molecule has 4 N–H and O–H groups in total. The van der Waals surface area contributed by atoms with Gasteiger partial charge in [-0.15, -0.1) is 0 Å². The largest absolute Gasteiger partial charge is 0.478 e. The van der Waals surface area contributed by atoms with Crippen LogP contribution in [0.2, 0.25) is 0 Å². The molecule has 0 bridgehead atoms. The topological polar surface area (TPSA) is 159 Å². The first-order valence-electron chi connectivity index (χ1n) is 19.1. The number of para-hydroxylation sites is 2. The molecule has 4 aromatic rings. The van der Waals surface area contributed by atoms with Gasteiger partial charge in [0, 0.05) is 72.7 Å². The Morgan fingerprint density at radius 2 is 0.842 bits per heavy atom. The van der Waals surface area contributed by atoms with Crippen molar-refractivity contribution in [3.8, 4) is 0 Å². The van der Waals surface area contributed by atoms with Crippen LogP contribution >= 0.6 is 11.8 Å². The third-order valence-electron chi connectivity index (χ3n) is 9.46. The molecule has 4 aromatic carbocycles. The van der Waals surface area contributed by atoms with E-state index in [0.717, 1.165) is 6.54 Å². The first-order valence-corrected chi connectivity index (χ1v) is 19.9. The molecular weight excluding hydrogens is 743 g/mol. The third kappa shape index (κ3) is 15.8. The molecule has 12 heteroatoms. The van der Waals surface area contributed by atoms with E-state index >= 15 is 0 Å². The van der Waals surface area contributed by atoms with Crippen LogP contribution in [0.1, 0.15) is 49.1 Å². The van der Waals surface area contributed by atoms with Crippen molar-refractivity contribution < 1.29 is 39.6 Å². The standard InChI is InChI=1S/C37H43N3S.2C4H4O4/c1-3-15-31(16-4-1)33(32-17-5-2-6-18-32)19-11-12-24-38-27-29-39(30-28-38)25-13-14-26-40-34-20-7-9-22-36(34)41-37-23-10-8-21-35(37)40;2*5-3(6)1-2-4(7)8/h1-10,15-18,20-23,33H,11-14,19,24-30H2;2*1-2H,(H,5,6)(H,7,8)/b;2*2-1-. The molecule has 6 rings (SSSR count). The predicted octanol–water partition coefficient (Wildman–Crippen LogP) is 8.11. The lowest BCUT2D eigenvalue weighted by Crippen LogP contribution is -2.46. The van der Waals surface area contributed by atoms with Crippen molar-refractivity contribution in [3.63, 3.8) is 0 Å². The van der Waals surface area contributed by atoms with Crippen molar-refractivity contribution in [2.24, 2.45) is 0 Å². The van der Waals surface area contributed by atoms with Crippen LogP contribution < -0.4 is 4.90 Å². The van der Waals surface area contributed by atoms with E-state index in [1.807, 2.05) is 11.8 Å². The van der Waals surface area contributed by atoms with E-state index in [0.29, 0.717) is 30.2 Å². The van der Waals surface area contributed by atoms with Crippen LogP contribution in [0.4, 0.5) is 11.4 Å². The fraction of sp³-hybridized carbons (Fsp3) is 0.289. The molecule has 0 unspecified atom stereocenters. The minimum absolute atomic E-state index is 0.500. The molecule has 2 heterocycles. The Kier molecular flexibility index (Phi) is 18.6. The Hall–Kier alpha value is -5.69. The van der Waals surface area contributed by atoms with Gasteiger partial charge in [-0.3, -0.25) is 0 Å². The van der Waals surface area contributed by atoms with Crippen LogP contribution in [0.5, 0.6) is 0 Å². The summed E-state index contributed by atoms with van der Waals surface area (Å²) in [4.78, 5) is 48.9. The van der Waals surface area contributed by atoms with E-state index in [1.54, 1.807) is 0 Å². The van der Waals surface area contributed by atoms with Gasteiger partial charge in [-0.05, 0) is 74.2 Å². The fourth-order valence-electron chi connectivity index (χ4n) is 6.73. The van der Waals surface area contributed by atoms with Gasteiger partial charge in [0.05, 0.1) is 11.4 Å². The number of benzene rings is 4. The SMILES string of the molecule is O=C(O)/C=C\C(=O)O.O=C(O)/C=C\C(=O)O.c1ccc(C(CCCCN2CCN(CCCCN3c4ccccc4Sc4ccccc43)CC2)c2ccccc2)cc1. The highest BCUT2D eigenvalue weighted by atomic mass is 32.2. The van der Waals surface area contributed by atoms with Crippen molar-refractivity contribution >= 4 is 47.0 Å². The Balaban J connectivity index is 0.000000379. The Morgan fingerprint density at radius 3 is 1.25 bits per heavy atom. The molecule has 0 aromatic heterocycles. The number of nitrogens with zero attached hydrogens (tertiary/aromatic N) is 3. The number of anilines is 2. The van der Waals surface area contributed by atoms with Gasteiger partial charge in [0.1, 0.15) is 0 Å². The first kappa shape index (κ1) is 44.0. The summed E-state index contributed by atoms with van der Waals surface area (Å²) in [5.41, 5.74) is 5.62. The Morgan fingerprint density at radius 1 is 0.491 bits per heavy atom. The Bertz CT molecular complexity index is 1780. The van der Waals surface area contributed by atoms with Crippen molar-refractivity contribution in [3.05, 3.63) is 145 Å². The molecule has 0 atom stereocenters. The first-order chi connectivity index (χ1) is 27.6. The van der Waals surface area contributed by atoms with E-state index in [9.17, 15) is 19.2 Å². The van der Waals surface area contributed by atoms with E-state index < -0.39 is 23.9 Å². The maximum Gasteiger partial charge on any atom is 0.328 e. The highest BCUT2D eigenvalue weighted by Gasteiger charge is 2.23. The van der Waals surface area contributed by atoms with Gasteiger partial charge in [0.2, 0.25) is 0 Å². The van der Waals surface area contributed by atoms with Gasteiger partial charge < -0.3 is 35.1 Å². The Labute approximate surface area is 338 Å². The molecule has 2 aliphatic heterocycles. The lowest BCUT2D eigenvalue weighted by Gasteiger charge is -2.35. The van der Waals surface area contributed by atoms with Crippen LogP contribution in [0.25, 0.3) is 0 Å². The summed E-state index contributed by atoms with van der Waals surface area (Å²) in [6.07, 6.45) is 8.49. The molecule has 300 valence electrons. The van der Waals surface area contributed by atoms with Gasteiger partial charge in [-0.1, -0.05) is 103 Å². The molecule has 1 saturated heterocycles. The average molecular weight is 794 g/mol. The van der Waals surface area contributed by atoms with E-state index in [1.165, 1.54) is 104 Å². The molecule has 0 spiro atoms. The zero-order valence-corrected chi connectivity index (χ0v) is 32.8. The van der Waals surface area contributed by atoms with E-state index in [-0.39, 0.29) is 0 Å². The minimum Gasteiger partial charge on any atom is -0.478 e. The van der Waals surface area contributed by atoms with E-state index in [4.69, 9.17) is 20.4 Å². The summed E-state index contributed by atoms with van der Waals surface area (Å²) in [5, 5.41) is 31.2. The minimum atomic E-state index is -1.26. The monoisotopic (exact) mass is 793 g/mol. The van der Waals surface area contributed by atoms with Crippen LogP contribution in [-0.4, -0.2) is 99.9 Å². The summed E-state index contributed by atoms with van der Waals surface area (Å²) >= 11 is 1.90. The number of aliphatic carboxylic acids is 4. The van der Waals surface area contributed by atoms with Gasteiger partial charge in [-0.2, -0.15) is 0 Å². The number of hydrogen-bond donors (Lipinski definition) is 4. The molecule has 2 aliphatic rings. The quantitative estimate of drug-likeness (QED) is 0.0639. The summed E-state index contributed by atoms with van der Waals surface area (Å²) in [6, 6.07) is 39.8. The molecule has 0 radical (unpaired) electrons. The van der Waals surface area contributed by atoms with Gasteiger partial charge in [0.25, 0.3) is 0 Å². The van der Waals surface area contributed by atoms with E-state index in [2.05, 4.69) is 124 Å². The summed E-state index contributed by atoms with van der Waals surface area (Å²) in [7, 11) is 0. The zero-order valence-electron chi connectivity index (χ0n) is 31.9. The van der Waals surface area contributed by atoms with Gasteiger partial charge in [-0.25, -0.2) is 19.2 Å². The molecule has 0 aliphatic carbocycles. The number of unbranched alkanes of at least 4 members (excludes halogenated alkanes) is 2. The van der Waals surface area contributed by atoms with Gasteiger partial charge >= 0.3 is 23.9 Å². The third-order valence-corrected chi connectivity index (χ3v) is 10.6. The maximum atomic E-state index is 9.55. The predicted molar refractivity (Wildman–Crippen MR) is 224 cm³/mol. The van der Waals surface area contributed by atoms with Crippen molar-refractivity contribution in [2.45, 2.75) is 47.8 Å². The molecule has 1 fully saturated rings. The second-order valence-electron chi connectivity index (χ2n) is 13.5. The summed E-state index contributed by atoms with van der Waals surface area (Å²) in [5.74, 6) is -4.53. The second-order valence-corrected chi connectivity index (χ2v) is 14.6. The van der Waals surface area contributed by atoms with Crippen molar-refractivity contribution in [1.82, 2.24) is 9.80 Å². The lowest BCUT2D eigenvalue weighted by atomic mass is 9.87. The number of carbonyl (C=O) groups is 4. The average Bonchev–Trinajstić information content (AvgIpc) is 3.22. The lowest BCUT2D eigenvalue weighted by molar-refractivity contribution is -0.134. The summed E-state index contributed by atoms with van der Waals surface area (Å²) < 4.78 is 0.